The summed E-state index contributed by atoms with van der Waals surface area (Å²) in [5, 5.41) is 2.31. The Kier molecular flexibility index (Phi) is 2.27. The molecular formula is C17H13N3. The number of hydrogen-bond donors (Lipinski definition) is 2. The van der Waals surface area contributed by atoms with Crippen molar-refractivity contribution in [2.75, 3.05) is 5.73 Å². The number of anilines is 1. The van der Waals surface area contributed by atoms with Crippen molar-refractivity contribution in [3.8, 4) is 11.4 Å². The first kappa shape index (κ1) is 11.1. The number of para-hydroxylation sites is 2. The lowest BCUT2D eigenvalue weighted by molar-refractivity contribution is 1.34. The highest BCUT2D eigenvalue weighted by molar-refractivity contribution is 5.89. The summed E-state index contributed by atoms with van der Waals surface area (Å²) < 4.78 is 0. The number of nitrogens with two attached hydrogens (primary N) is 1. The van der Waals surface area contributed by atoms with Gasteiger partial charge >= 0.3 is 0 Å². The fourth-order valence-electron chi connectivity index (χ4n) is 2.50. The van der Waals surface area contributed by atoms with E-state index in [4.69, 9.17) is 5.73 Å². The molecule has 1 aromatic heterocycles. The normalized spacial score (nSPS) is 11.2. The van der Waals surface area contributed by atoms with Gasteiger partial charge in [-0.05, 0) is 41.1 Å². The van der Waals surface area contributed by atoms with Gasteiger partial charge in [-0.2, -0.15) is 0 Å². The molecule has 1 heterocycles. The lowest BCUT2D eigenvalue weighted by Crippen LogP contribution is -1.85. The van der Waals surface area contributed by atoms with Crippen LogP contribution >= 0.6 is 0 Å². The van der Waals surface area contributed by atoms with Crippen molar-refractivity contribution in [1.82, 2.24) is 9.97 Å². The summed E-state index contributed by atoms with van der Waals surface area (Å²) in [6.07, 6.45) is 0. The van der Waals surface area contributed by atoms with E-state index in [2.05, 4.69) is 28.2 Å². The number of rotatable bonds is 1. The number of benzene rings is 3. The molecule has 96 valence electrons. The van der Waals surface area contributed by atoms with Gasteiger partial charge in [0.1, 0.15) is 5.82 Å². The predicted molar refractivity (Wildman–Crippen MR) is 83.4 cm³/mol. The summed E-state index contributed by atoms with van der Waals surface area (Å²) in [6.45, 7) is 0. The zero-order chi connectivity index (χ0) is 13.5. The summed E-state index contributed by atoms with van der Waals surface area (Å²) >= 11 is 0. The molecule has 3 heteroatoms. The lowest BCUT2D eigenvalue weighted by Gasteiger charge is -2.02. The number of nitrogens with zero attached hydrogens (tertiary/aromatic N) is 1. The second-order valence-corrected chi connectivity index (χ2v) is 4.92. The zero-order valence-corrected chi connectivity index (χ0v) is 10.8. The van der Waals surface area contributed by atoms with Crippen molar-refractivity contribution in [2.24, 2.45) is 0 Å². The second-order valence-electron chi connectivity index (χ2n) is 4.92. The quantitative estimate of drug-likeness (QED) is 0.508. The maximum atomic E-state index is 5.81. The van der Waals surface area contributed by atoms with Gasteiger partial charge in [0.2, 0.25) is 0 Å². The molecular weight excluding hydrogens is 246 g/mol. The molecule has 0 spiro atoms. The number of hydrogen-bond acceptors (Lipinski definition) is 2. The second kappa shape index (κ2) is 4.10. The molecule has 0 saturated heterocycles. The van der Waals surface area contributed by atoms with Crippen molar-refractivity contribution in [3.63, 3.8) is 0 Å². The molecule has 0 aliphatic rings. The van der Waals surface area contributed by atoms with E-state index in [1.807, 2.05) is 42.5 Å². The average Bonchev–Trinajstić information content (AvgIpc) is 2.90. The molecule has 0 aliphatic heterocycles. The van der Waals surface area contributed by atoms with Crippen LogP contribution in [-0.2, 0) is 0 Å². The molecule has 3 nitrogen and oxygen atoms in total. The third-order valence-corrected chi connectivity index (χ3v) is 3.53. The minimum Gasteiger partial charge on any atom is -0.399 e. The number of aromatic nitrogens is 2. The largest absolute Gasteiger partial charge is 0.399 e. The number of fused-ring (bicyclic) bond motifs is 2. The third-order valence-electron chi connectivity index (χ3n) is 3.53. The standard InChI is InChI=1S/C17H13N3/c18-14-8-7-11-9-13(6-5-12(11)10-14)17-19-15-3-1-2-4-16(15)20-17/h1-10H,18H2,(H,19,20). The van der Waals surface area contributed by atoms with Gasteiger partial charge in [-0.15, -0.1) is 0 Å². The Hall–Kier alpha value is -2.81. The number of aromatic amines is 1. The first-order valence-electron chi connectivity index (χ1n) is 6.54. The number of nitrogens with one attached hydrogen (secondary N) is 1. The molecule has 4 rings (SSSR count). The van der Waals surface area contributed by atoms with Crippen LogP contribution in [0.5, 0.6) is 0 Å². The van der Waals surface area contributed by atoms with Crippen molar-refractivity contribution in [3.05, 3.63) is 60.7 Å². The van der Waals surface area contributed by atoms with Gasteiger partial charge in [-0.1, -0.05) is 30.3 Å². The molecule has 20 heavy (non-hydrogen) atoms. The van der Waals surface area contributed by atoms with Crippen LogP contribution in [-0.4, -0.2) is 9.97 Å². The Bertz CT molecular complexity index is 889. The SMILES string of the molecule is Nc1ccc2cc(-c3nc4ccccc4[nH]3)ccc2c1. The summed E-state index contributed by atoms with van der Waals surface area (Å²) in [4.78, 5) is 7.98. The third kappa shape index (κ3) is 1.72. The lowest BCUT2D eigenvalue weighted by atomic mass is 10.1. The highest BCUT2D eigenvalue weighted by atomic mass is 14.9. The van der Waals surface area contributed by atoms with E-state index in [9.17, 15) is 0 Å². The highest BCUT2D eigenvalue weighted by Crippen LogP contribution is 2.25. The van der Waals surface area contributed by atoms with E-state index in [1.165, 1.54) is 0 Å². The van der Waals surface area contributed by atoms with Crippen LogP contribution < -0.4 is 5.73 Å². The Balaban J connectivity index is 1.90. The van der Waals surface area contributed by atoms with Gasteiger partial charge in [0.15, 0.2) is 0 Å². The number of nitrogen functional groups attached to an aromatic ring is 1. The summed E-state index contributed by atoms with van der Waals surface area (Å²) in [5.41, 5.74) is 9.72. The maximum absolute atomic E-state index is 5.81. The topological polar surface area (TPSA) is 54.7 Å². The molecule has 0 saturated carbocycles. The fourth-order valence-corrected chi connectivity index (χ4v) is 2.50. The zero-order valence-electron chi connectivity index (χ0n) is 10.8. The number of H-pyrrole nitrogens is 1. The molecule has 4 aromatic rings. The average molecular weight is 259 g/mol. The van der Waals surface area contributed by atoms with Crippen molar-refractivity contribution in [2.45, 2.75) is 0 Å². The van der Waals surface area contributed by atoms with Gasteiger partial charge in [-0.3, -0.25) is 0 Å². The van der Waals surface area contributed by atoms with E-state index in [1.54, 1.807) is 0 Å². The van der Waals surface area contributed by atoms with Crippen LogP contribution in [0.1, 0.15) is 0 Å². The monoisotopic (exact) mass is 259 g/mol. The van der Waals surface area contributed by atoms with Crippen molar-refractivity contribution < 1.29 is 0 Å². The van der Waals surface area contributed by atoms with Crippen LogP contribution in [0.25, 0.3) is 33.2 Å². The van der Waals surface area contributed by atoms with Crippen LogP contribution in [0.4, 0.5) is 5.69 Å². The molecule has 0 amide bonds. The van der Waals surface area contributed by atoms with E-state index in [-0.39, 0.29) is 0 Å². The van der Waals surface area contributed by atoms with Crippen molar-refractivity contribution >= 4 is 27.5 Å². The molecule has 0 fully saturated rings. The molecule has 0 atom stereocenters. The van der Waals surface area contributed by atoms with Gasteiger partial charge in [0, 0.05) is 11.3 Å². The Labute approximate surface area is 116 Å². The summed E-state index contributed by atoms with van der Waals surface area (Å²) in [7, 11) is 0. The molecule has 3 aromatic carbocycles. The molecule has 0 radical (unpaired) electrons. The minimum atomic E-state index is 0.786. The van der Waals surface area contributed by atoms with Gasteiger partial charge in [0.05, 0.1) is 11.0 Å². The smallest absolute Gasteiger partial charge is 0.138 e. The summed E-state index contributed by atoms with van der Waals surface area (Å²) in [5.74, 6) is 0.893. The maximum Gasteiger partial charge on any atom is 0.138 e. The van der Waals surface area contributed by atoms with Crippen molar-refractivity contribution in [1.29, 1.82) is 0 Å². The van der Waals surface area contributed by atoms with Crippen LogP contribution in [0.15, 0.2) is 60.7 Å². The molecule has 0 bridgehead atoms. The first-order chi connectivity index (χ1) is 9.79. The van der Waals surface area contributed by atoms with Crippen LogP contribution in [0.2, 0.25) is 0 Å². The minimum absolute atomic E-state index is 0.786. The highest BCUT2D eigenvalue weighted by Gasteiger charge is 2.05. The first-order valence-corrected chi connectivity index (χ1v) is 6.54. The van der Waals surface area contributed by atoms with Crippen LogP contribution in [0.3, 0.4) is 0 Å². The van der Waals surface area contributed by atoms with E-state index < -0.39 is 0 Å². The summed E-state index contributed by atoms with van der Waals surface area (Å²) in [6, 6.07) is 20.3. The van der Waals surface area contributed by atoms with Gasteiger partial charge in [0.25, 0.3) is 0 Å². The van der Waals surface area contributed by atoms with Gasteiger partial charge in [-0.25, -0.2) is 4.98 Å². The van der Waals surface area contributed by atoms with E-state index in [0.29, 0.717) is 0 Å². The molecule has 0 aliphatic carbocycles. The fraction of sp³-hybridized carbons (Fsp3) is 0. The Morgan fingerprint density at radius 2 is 1.65 bits per heavy atom. The molecule has 0 unspecified atom stereocenters. The molecule has 3 N–H and O–H groups in total. The number of imidazole rings is 1. The Morgan fingerprint density at radius 1 is 0.850 bits per heavy atom. The van der Waals surface area contributed by atoms with E-state index in [0.717, 1.165) is 38.9 Å². The van der Waals surface area contributed by atoms with Crippen LogP contribution in [0, 0.1) is 0 Å². The van der Waals surface area contributed by atoms with Gasteiger partial charge < -0.3 is 10.7 Å². The Morgan fingerprint density at radius 3 is 2.55 bits per heavy atom. The van der Waals surface area contributed by atoms with E-state index >= 15 is 0 Å². The predicted octanol–water partition coefficient (Wildman–Crippen LogP) is 3.97.